The van der Waals surface area contributed by atoms with Gasteiger partial charge in [-0.05, 0) is 55.2 Å². The number of ether oxygens (including phenoxy) is 1. The van der Waals surface area contributed by atoms with E-state index in [4.69, 9.17) is 4.74 Å². The van der Waals surface area contributed by atoms with Crippen LogP contribution in [0, 0.1) is 11.3 Å². The van der Waals surface area contributed by atoms with E-state index in [0.29, 0.717) is 5.56 Å². The number of nitrogens with zero attached hydrogens (tertiary/aromatic N) is 2. The third kappa shape index (κ3) is 2.50. The maximum Gasteiger partial charge on any atom is 0.119 e. The second-order valence-electron chi connectivity index (χ2n) is 4.69. The third-order valence-corrected chi connectivity index (χ3v) is 4.42. The first-order valence-corrected chi connectivity index (χ1v) is 7.36. The van der Waals surface area contributed by atoms with Crippen LogP contribution in [0.5, 0.6) is 5.75 Å². The molecule has 3 rings (SSSR count). The van der Waals surface area contributed by atoms with Gasteiger partial charge in [0.25, 0.3) is 0 Å². The van der Waals surface area contributed by atoms with Crippen LogP contribution in [-0.2, 0) is 12.8 Å². The van der Waals surface area contributed by atoms with Gasteiger partial charge in [-0.1, -0.05) is 11.8 Å². The van der Waals surface area contributed by atoms with Crippen molar-refractivity contribution in [3.05, 3.63) is 47.2 Å². The zero-order valence-corrected chi connectivity index (χ0v) is 12.0. The number of methoxy groups -OCH3 is 1. The van der Waals surface area contributed by atoms with Gasteiger partial charge in [0.05, 0.1) is 12.7 Å². The Morgan fingerprint density at radius 2 is 2.05 bits per heavy atom. The highest BCUT2D eigenvalue weighted by Gasteiger charge is 2.17. The summed E-state index contributed by atoms with van der Waals surface area (Å²) in [6, 6.07) is 12.1. The zero-order chi connectivity index (χ0) is 13.9. The van der Waals surface area contributed by atoms with Crippen LogP contribution in [-0.4, -0.2) is 12.1 Å². The molecule has 1 heterocycles. The van der Waals surface area contributed by atoms with Gasteiger partial charge < -0.3 is 4.74 Å². The molecule has 1 aliphatic carbocycles. The van der Waals surface area contributed by atoms with Crippen molar-refractivity contribution in [2.75, 3.05) is 7.11 Å². The first kappa shape index (κ1) is 13.0. The van der Waals surface area contributed by atoms with Gasteiger partial charge in [0.1, 0.15) is 16.8 Å². The van der Waals surface area contributed by atoms with E-state index in [1.165, 1.54) is 17.3 Å². The Bertz CT molecular complexity index is 674. The largest absolute Gasteiger partial charge is 0.497 e. The Morgan fingerprint density at radius 1 is 1.25 bits per heavy atom. The molecule has 0 N–H and O–H groups in total. The van der Waals surface area contributed by atoms with E-state index in [9.17, 15) is 5.26 Å². The number of hydrogen-bond donors (Lipinski definition) is 0. The molecular formula is C16H14N2OS. The van der Waals surface area contributed by atoms with Crippen LogP contribution < -0.4 is 4.74 Å². The number of aromatic nitrogens is 1. The highest BCUT2D eigenvalue weighted by Crippen LogP contribution is 2.33. The number of benzene rings is 1. The Morgan fingerprint density at radius 3 is 2.75 bits per heavy atom. The summed E-state index contributed by atoms with van der Waals surface area (Å²) in [5, 5.41) is 10.1. The van der Waals surface area contributed by atoms with E-state index in [1.807, 2.05) is 30.3 Å². The van der Waals surface area contributed by atoms with Crippen molar-refractivity contribution in [2.24, 2.45) is 0 Å². The van der Waals surface area contributed by atoms with Gasteiger partial charge in [0.2, 0.25) is 0 Å². The van der Waals surface area contributed by atoms with E-state index >= 15 is 0 Å². The van der Waals surface area contributed by atoms with Gasteiger partial charge in [-0.3, -0.25) is 0 Å². The lowest BCUT2D eigenvalue weighted by molar-refractivity contribution is 0.414. The number of hydrogen-bond acceptors (Lipinski definition) is 4. The molecule has 1 aliphatic rings. The van der Waals surface area contributed by atoms with E-state index in [0.717, 1.165) is 40.6 Å². The standard InChI is InChI=1S/C16H14N2OS/c1-19-13-5-7-14(8-6-13)20-16-12(10-17)9-11-3-2-4-15(11)18-16/h5-9H,2-4H2,1H3. The normalized spacial score (nSPS) is 12.8. The molecule has 4 heteroatoms. The highest BCUT2D eigenvalue weighted by molar-refractivity contribution is 7.99. The maximum atomic E-state index is 9.29. The van der Waals surface area contributed by atoms with Crippen LogP contribution >= 0.6 is 11.8 Å². The summed E-state index contributed by atoms with van der Waals surface area (Å²) in [7, 11) is 1.65. The Kier molecular flexibility index (Phi) is 3.62. The second kappa shape index (κ2) is 5.56. The van der Waals surface area contributed by atoms with Crippen LogP contribution in [0.2, 0.25) is 0 Å². The van der Waals surface area contributed by atoms with Crippen LogP contribution in [0.4, 0.5) is 0 Å². The summed E-state index contributed by atoms with van der Waals surface area (Å²) < 4.78 is 5.15. The monoisotopic (exact) mass is 282 g/mol. The summed E-state index contributed by atoms with van der Waals surface area (Å²) in [4.78, 5) is 5.73. The molecule has 0 atom stereocenters. The second-order valence-corrected chi connectivity index (χ2v) is 5.75. The Hall–Kier alpha value is -1.99. The van der Waals surface area contributed by atoms with Crippen molar-refractivity contribution >= 4 is 11.8 Å². The molecule has 0 fully saturated rings. The topological polar surface area (TPSA) is 45.9 Å². The number of pyridine rings is 1. The molecular weight excluding hydrogens is 268 g/mol. The number of aryl methyl sites for hydroxylation is 2. The lowest BCUT2D eigenvalue weighted by Gasteiger charge is -2.07. The molecule has 1 aromatic heterocycles. The molecule has 0 spiro atoms. The lowest BCUT2D eigenvalue weighted by Crippen LogP contribution is -1.94. The maximum absolute atomic E-state index is 9.29. The summed E-state index contributed by atoms with van der Waals surface area (Å²) in [6.45, 7) is 0. The Balaban J connectivity index is 1.91. The number of nitriles is 1. The highest BCUT2D eigenvalue weighted by atomic mass is 32.2. The van der Waals surface area contributed by atoms with E-state index < -0.39 is 0 Å². The minimum absolute atomic E-state index is 0.673. The van der Waals surface area contributed by atoms with Crippen LogP contribution in [0.25, 0.3) is 0 Å². The predicted octanol–water partition coefficient (Wildman–Crippen LogP) is 3.60. The fraction of sp³-hybridized carbons (Fsp3) is 0.250. The van der Waals surface area contributed by atoms with E-state index in [1.54, 1.807) is 7.11 Å². The lowest BCUT2D eigenvalue weighted by atomic mass is 10.2. The van der Waals surface area contributed by atoms with Crippen molar-refractivity contribution in [1.82, 2.24) is 4.98 Å². The van der Waals surface area contributed by atoms with Gasteiger partial charge in [-0.2, -0.15) is 5.26 Å². The number of fused-ring (bicyclic) bond motifs is 1. The van der Waals surface area contributed by atoms with Crippen molar-refractivity contribution < 1.29 is 4.74 Å². The van der Waals surface area contributed by atoms with Gasteiger partial charge >= 0.3 is 0 Å². The van der Waals surface area contributed by atoms with Gasteiger partial charge in [0, 0.05) is 10.6 Å². The zero-order valence-electron chi connectivity index (χ0n) is 11.2. The minimum atomic E-state index is 0.673. The van der Waals surface area contributed by atoms with Crippen LogP contribution in [0.1, 0.15) is 23.2 Å². The molecule has 2 aromatic rings. The summed E-state index contributed by atoms with van der Waals surface area (Å²) in [5.74, 6) is 0.830. The minimum Gasteiger partial charge on any atom is -0.497 e. The average molecular weight is 282 g/mol. The fourth-order valence-electron chi connectivity index (χ4n) is 2.37. The van der Waals surface area contributed by atoms with Crippen molar-refractivity contribution in [2.45, 2.75) is 29.2 Å². The molecule has 100 valence electrons. The SMILES string of the molecule is COc1ccc(Sc2nc3c(cc2C#N)CCC3)cc1. The van der Waals surface area contributed by atoms with Gasteiger partial charge in [0.15, 0.2) is 0 Å². The van der Waals surface area contributed by atoms with Crippen molar-refractivity contribution in [3.8, 4) is 11.8 Å². The first-order chi connectivity index (χ1) is 9.80. The molecule has 0 radical (unpaired) electrons. The average Bonchev–Trinajstić information content (AvgIpc) is 2.94. The molecule has 1 aromatic carbocycles. The molecule has 3 nitrogen and oxygen atoms in total. The van der Waals surface area contributed by atoms with Gasteiger partial charge in [-0.25, -0.2) is 4.98 Å². The van der Waals surface area contributed by atoms with Crippen molar-refractivity contribution in [3.63, 3.8) is 0 Å². The first-order valence-electron chi connectivity index (χ1n) is 6.55. The fourth-order valence-corrected chi connectivity index (χ4v) is 3.23. The van der Waals surface area contributed by atoms with Gasteiger partial charge in [-0.15, -0.1) is 0 Å². The molecule has 0 aliphatic heterocycles. The molecule has 0 unspecified atom stereocenters. The van der Waals surface area contributed by atoms with Crippen molar-refractivity contribution in [1.29, 1.82) is 5.26 Å². The molecule has 0 saturated carbocycles. The van der Waals surface area contributed by atoms with Crippen LogP contribution in [0.15, 0.2) is 40.3 Å². The predicted molar refractivity (Wildman–Crippen MR) is 78.1 cm³/mol. The summed E-state index contributed by atoms with van der Waals surface area (Å²) in [5.41, 5.74) is 3.06. The Labute approximate surface area is 122 Å². The summed E-state index contributed by atoms with van der Waals surface area (Å²) in [6.07, 6.45) is 3.21. The van der Waals surface area contributed by atoms with E-state index in [-0.39, 0.29) is 0 Å². The molecule has 0 bridgehead atoms. The summed E-state index contributed by atoms with van der Waals surface area (Å²) >= 11 is 1.53. The molecule has 0 saturated heterocycles. The smallest absolute Gasteiger partial charge is 0.119 e. The van der Waals surface area contributed by atoms with E-state index in [2.05, 4.69) is 11.1 Å². The third-order valence-electron chi connectivity index (χ3n) is 3.41. The quantitative estimate of drug-likeness (QED) is 0.863. The molecule has 0 amide bonds. The van der Waals surface area contributed by atoms with Crippen LogP contribution in [0.3, 0.4) is 0 Å². The number of rotatable bonds is 3. The molecule has 20 heavy (non-hydrogen) atoms.